The van der Waals surface area contributed by atoms with Gasteiger partial charge in [-0.25, -0.2) is 4.79 Å². The average Bonchev–Trinajstić information content (AvgIpc) is 2.57. The van der Waals surface area contributed by atoms with Crippen LogP contribution in [0, 0.1) is 0 Å². The first kappa shape index (κ1) is 16.1. The Morgan fingerprint density at radius 3 is 2.81 bits per heavy atom. The van der Waals surface area contributed by atoms with Crippen LogP contribution >= 0.6 is 11.6 Å². The van der Waals surface area contributed by atoms with Gasteiger partial charge in [0.1, 0.15) is 5.60 Å². The van der Waals surface area contributed by atoms with E-state index in [0.717, 1.165) is 11.1 Å². The zero-order valence-electron chi connectivity index (χ0n) is 12.7. The molecule has 1 N–H and O–H groups in total. The molecule has 0 fully saturated rings. The molecule has 1 aromatic rings. The topological polar surface area (TPSA) is 49.8 Å². The predicted octanol–water partition coefficient (Wildman–Crippen LogP) is 3.21. The molecule has 1 unspecified atom stereocenters. The molecule has 5 heteroatoms. The number of carbonyl (C=O) groups excluding carboxylic acids is 1. The smallest absolute Gasteiger partial charge is 0.410 e. The second kappa shape index (κ2) is 6.24. The maximum absolute atomic E-state index is 12.3. The molecule has 0 radical (unpaired) electrons. The van der Waals surface area contributed by atoms with Gasteiger partial charge in [-0.3, -0.25) is 0 Å². The SMILES string of the molecule is CC(C)(C)OC(=O)N1CCc2c(Cl)cccc2C(CO)C1. The maximum atomic E-state index is 12.3. The maximum Gasteiger partial charge on any atom is 0.410 e. The number of hydrogen-bond acceptors (Lipinski definition) is 3. The van der Waals surface area contributed by atoms with Gasteiger partial charge in [0.25, 0.3) is 0 Å². The number of aliphatic hydroxyl groups is 1. The van der Waals surface area contributed by atoms with Crippen LogP contribution in [0.5, 0.6) is 0 Å². The third kappa shape index (κ3) is 3.89. The molecule has 1 aliphatic heterocycles. The molecule has 0 saturated heterocycles. The Morgan fingerprint density at radius 2 is 2.19 bits per heavy atom. The van der Waals surface area contributed by atoms with E-state index < -0.39 is 5.60 Å². The Balaban J connectivity index is 2.22. The lowest BCUT2D eigenvalue weighted by molar-refractivity contribution is 0.0236. The molecule has 0 bridgehead atoms. The highest BCUT2D eigenvalue weighted by atomic mass is 35.5. The van der Waals surface area contributed by atoms with Crippen molar-refractivity contribution in [2.75, 3.05) is 19.7 Å². The van der Waals surface area contributed by atoms with Crippen molar-refractivity contribution in [1.82, 2.24) is 4.90 Å². The number of halogens is 1. The van der Waals surface area contributed by atoms with Crippen LogP contribution in [-0.4, -0.2) is 41.4 Å². The lowest BCUT2D eigenvalue weighted by Gasteiger charge is -2.28. The van der Waals surface area contributed by atoms with Crippen LogP contribution in [-0.2, 0) is 11.2 Å². The Kier molecular flexibility index (Phi) is 4.79. The summed E-state index contributed by atoms with van der Waals surface area (Å²) in [5.41, 5.74) is 1.52. The first-order valence-corrected chi connectivity index (χ1v) is 7.55. The summed E-state index contributed by atoms with van der Waals surface area (Å²) in [7, 11) is 0. The minimum absolute atomic E-state index is 0.0212. The first-order valence-electron chi connectivity index (χ1n) is 7.18. The van der Waals surface area contributed by atoms with Crippen LogP contribution in [0.3, 0.4) is 0 Å². The van der Waals surface area contributed by atoms with E-state index >= 15 is 0 Å². The monoisotopic (exact) mass is 311 g/mol. The fraction of sp³-hybridized carbons (Fsp3) is 0.562. The third-order valence-corrected chi connectivity index (χ3v) is 3.89. The van der Waals surface area contributed by atoms with Gasteiger partial charge in [-0.1, -0.05) is 23.7 Å². The van der Waals surface area contributed by atoms with Gasteiger partial charge in [-0.2, -0.15) is 0 Å². The van der Waals surface area contributed by atoms with Crippen molar-refractivity contribution >= 4 is 17.7 Å². The lowest BCUT2D eigenvalue weighted by Crippen LogP contribution is -2.39. The summed E-state index contributed by atoms with van der Waals surface area (Å²) in [5, 5.41) is 10.4. The Hall–Kier alpha value is -1.26. The molecule has 0 aliphatic carbocycles. The number of benzene rings is 1. The predicted molar refractivity (Wildman–Crippen MR) is 82.8 cm³/mol. The summed E-state index contributed by atoms with van der Waals surface area (Å²) < 4.78 is 5.43. The summed E-state index contributed by atoms with van der Waals surface area (Å²) in [5.74, 6) is -0.131. The van der Waals surface area contributed by atoms with Crippen LogP contribution in [0.2, 0.25) is 5.02 Å². The number of carbonyl (C=O) groups is 1. The quantitative estimate of drug-likeness (QED) is 0.866. The molecular formula is C16H22ClNO3. The minimum atomic E-state index is -0.525. The van der Waals surface area contributed by atoms with Crippen LogP contribution in [0.15, 0.2) is 18.2 Å². The van der Waals surface area contributed by atoms with Crippen LogP contribution in [0.1, 0.15) is 37.8 Å². The summed E-state index contributed by atoms with van der Waals surface area (Å²) in [6, 6.07) is 5.70. The third-order valence-electron chi connectivity index (χ3n) is 3.54. The van der Waals surface area contributed by atoms with Gasteiger partial charge in [0.05, 0.1) is 6.61 Å². The molecule has 0 saturated carbocycles. The number of rotatable bonds is 1. The highest BCUT2D eigenvalue weighted by molar-refractivity contribution is 6.31. The molecule has 0 aromatic heterocycles. The fourth-order valence-electron chi connectivity index (χ4n) is 2.57. The number of hydrogen-bond donors (Lipinski definition) is 1. The summed E-state index contributed by atoms with van der Waals surface area (Å²) >= 11 is 6.25. The molecule has 1 aliphatic rings. The molecule has 1 amide bonds. The zero-order valence-corrected chi connectivity index (χ0v) is 13.5. The fourth-order valence-corrected chi connectivity index (χ4v) is 2.85. The van der Waals surface area contributed by atoms with Crippen LogP contribution in [0.4, 0.5) is 4.79 Å². The van der Waals surface area contributed by atoms with Crippen molar-refractivity contribution in [3.8, 4) is 0 Å². The molecule has 21 heavy (non-hydrogen) atoms. The molecule has 2 rings (SSSR count). The Bertz CT molecular complexity index is 525. The minimum Gasteiger partial charge on any atom is -0.444 e. The van der Waals surface area contributed by atoms with Gasteiger partial charge in [0.15, 0.2) is 0 Å². The highest BCUT2D eigenvalue weighted by Gasteiger charge is 2.29. The number of nitrogens with zero attached hydrogens (tertiary/aromatic N) is 1. The summed E-state index contributed by atoms with van der Waals surface area (Å²) in [6.45, 7) is 6.50. The molecule has 4 nitrogen and oxygen atoms in total. The van der Waals surface area contributed by atoms with Gasteiger partial charge in [0, 0.05) is 24.0 Å². The zero-order chi connectivity index (χ0) is 15.6. The van der Waals surface area contributed by atoms with Gasteiger partial charge in [0.2, 0.25) is 0 Å². The molecule has 1 heterocycles. The van der Waals surface area contributed by atoms with Gasteiger partial charge < -0.3 is 14.7 Å². The number of aliphatic hydroxyl groups excluding tert-OH is 1. The van der Waals surface area contributed by atoms with Gasteiger partial charge >= 0.3 is 6.09 Å². The summed E-state index contributed by atoms with van der Waals surface area (Å²) in [4.78, 5) is 13.9. The van der Waals surface area contributed by atoms with E-state index in [-0.39, 0.29) is 18.6 Å². The molecule has 0 spiro atoms. The second-order valence-corrected chi connectivity index (χ2v) is 6.77. The Labute approximate surface area is 130 Å². The number of ether oxygens (including phenoxy) is 1. The van der Waals surface area contributed by atoms with E-state index in [9.17, 15) is 9.90 Å². The number of amides is 1. The van der Waals surface area contributed by atoms with Crippen molar-refractivity contribution in [3.05, 3.63) is 34.3 Å². The number of fused-ring (bicyclic) bond motifs is 1. The van der Waals surface area contributed by atoms with Crippen LogP contribution in [0.25, 0.3) is 0 Å². The molecule has 116 valence electrons. The average molecular weight is 312 g/mol. The summed E-state index contributed by atoms with van der Waals surface area (Å²) in [6.07, 6.45) is 0.329. The van der Waals surface area contributed by atoms with E-state index in [1.165, 1.54) is 0 Å². The van der Waals surface area contributed by atoms with Gasteiger partial charge in [-0.05, 0) is 44.4 Å². The standard InChI is InChI=1S/C16H22ClNO3/c1-16(2,3)21-15(20)18-8-7-13-12(11(9-18)10-19)5-4-6-14(13)17/h4-6,11,19H,7-10H2,1-3H3. The highest BCUT2D eigenvalue weighted by Crippen LogP contribution is 2.30. The molecule has 1 atom stereocenters. The van der Waals surface area contributed by atoms with Crippen LogP contribution < -0.4 is 0 Å². The lowest BCUT2D eigenvalue weighted by atomic mass is 9.94. The molecule has 1 aromatic carbocycles. The largest absolute Gasteiger partial charge is 0.444 e. The molecular weight excluding hydrogens is 290 g/mol. The Morgan fingerprint density at radius 1 is 1.48 bits per heavy atom. The van der Waals surface area contributed by atoms with Crippen molar-refractivity contribution in [1.29, 1.82) is 0 Å². The van der Waals surface area contributed by atoms with Gasteiger partial charge in [-0.15, -0.1) is 0 Å². The first-order chi connectivity index (χ1) is 9.81. The van der Waals surface area contributed by atoms with Crippen molar-refractivity contribution in [2.24, 2.45) is 0 Å². The van der Waals surface area contributed by atoms with E-state index in [1.54, 1.807) is 4.90 Å². The van der Waals surface area contributed by atoms with Crippen molar-refractivity contribution in [2.45, 2.75) is 38.7 Å². The van der Waals surface area contributed by atoms with Crippen molar-refractivity contribution < 1.29 is 14.6 Å². The van der Waals surface area contributed by atoms with Crippen molar-refractivity contribution in [3.63, 3.8) is 0 Å². The normalized spacial score (nSPS) is 18.9. The van der Waals surface area contributed by atoms with E-state index in [4.69, 9.17) is 16.3 Å². The van der Waals surface area contributed by atoms with E-state index in [0.29, 0.717) is 24.5 Å². The second-order valence-electron chi connectivity index (χ2n) is 6.36. The van der Waals surface area contributed by atoms with E-state index in [1.807, 2.05) is 39.0 Å². The van der Waals surface area contributed by atoms with E-state index in [2.05, 4.69) is 0 Å².